The molecule has 0 fully saturated rings. The maximum absolute atomic E-state index is 5.49. The first-order valence-electron chi connectivity index (χ1n) is 4.68. The summed E-state index contributed by atoms with van der Waals surface area (Å²) in [6.07, 6.45) is 4.61. The molecule has 0 bridgehead atoms. The van der Waals surface area contributed by atoms with E-state index in [1.54, 1.807) is 0 Å². The van der Waals surface area contributed by atoms with Crippen molar-refractivity contribution < 1.29 is 4.74 Å². The molecular weight excluding hydrogens is 164 g/mol. The second-order valence-corrected chi connectivity index (χ2v) is 2.97. The molecule has 13 heavy (non-hydrogen) atoms. The molecule has 0 aliphatic carbocycles. The normalized spacial score (nSPS) is 12.8. The lowest BCUT2D eigenvalue weighted by molar-refractivity contribution is 0.0534. The number of nitrogens with zero attached hydrogens (tertiary/aromatic N) is 2. The van der Waals surface area contributed by atoms with Crippen molar-refractivity contribution in [3.8, 4) is 0 Å². The maximum Gasteiger partial charge on any atom is 0.157 e. The zero-order chi connectivity index (χ0) is 9.68. The Bertz CT molecular complexity index is 246. The van der Waals surface area contributed by atoms with Gasteiger partial charge >= 0.3 is 0 Å². The molecule has 3 heteroatoms. The van der Waals surface area contributed by atoms with Crippen LogP contribution >= 0.6 is 0 Å². The molecular formula is C10H16N2O. The molecule has 0 saturated heterocycles. The van der Waals surface area contributed by atoms with Crippen molar-refractivity contribution in [2.45, 2.75) is 33.3 Å². The van der Waals surface area contributed by atoms with Gasteiger partial charge in [0.1, 0.15) is 6.10 Å². The van der Waals surface area contributed by atoms with Gasteiger partial charge in [0.2, 0.25) is 0 Å². The molecule has 1 aromatic heterocycles. The Balaban J connectivity index is 2.73. The monoisotopic (exact) mass is 180 g/mol. The van der Waals surface area contributed by atoms with E-state index in [-0.39, 0.29) is 6.10 Å². The van der Waals surface area contributed by atoms with Crippen LogP contribution in [-0.4, -0.2) is 16.6 Å². The Morgan fingerprint density at radius 3 is 2.38 bits per heavy atom. The molecule has 3 nitrogen and oxygen atoms in total. The summed E-state index contributed by atoms with van der Waals surface area (Å²) in [5.41, 5.74) is 1.08. The van der Waals surface area contributed by atoms with E-state index in [0.29, 0.717) is 6.61 Å². The highest BCUT2D eigenvalue weighted by Gasteiger charge is 2.10. The Labute approximate surface area is 79.2 Å². The van der Waals surface area contributed by atoms with E-state index in [4.69, 9.17) is 4.74 Å². The molecule has 0 spiro atoms. The maximum atomic E-state index is 5.49. The van der Waals surface area contributed by atoms with Crippen LogP contribution in [0.25, 0.3) is 0 Å². The molecule has 0 aromatic carbocycles. The summed E-state index contributed by atoms with van der Waals surface area (Å²) in [5, 5.41) is 0. The van der Waals surface area contributed by atoms with Gasteiger partial charge in [0.05, 0.1) is 0 Å². The van der Waals surface area contributed by atoms with Crippen molar-refractivity contribution >= 4 is 0 Å². The first kappa shape index (κ1) is 10.1. The van der Waals surface area contributed by atoms with Crippen molar-refractivity contribution in [3.05, 3.63) is 23.8 Å². The fourth-order valence-electron chi connectivity index (χ4n) is 1.14. The fourth-order valence-corrected chi connectivity index (χ4v) is 1.14. The molecule has 1 aromatic rings. The molecule has 1 rings (SSSR count). The number of aryl methyl sites for hydroxylation is 1. The fraction of sp³-hybridized carbons (Fsp3) is 0.600. The second-order valence-electron chi connectivity index (χ2n) is 2.97. The minimum atomic E-state index is 0.0469. The lowest BCUT2D eigenvalue weighted by Crippen LogP contribution is -2.07. The van der Waals surface area contributed by atoms with E-state index in [1.165, 1.54) is 0 Å². The standard InChI is InChI=1S/C10H16N2O/c1-4-9(13-5-2)10-11-6-8(3)7-12-10/h6-7,9H,4-5H2,1-3H3/t9-/m1/s1. The van der Waals surface area contributed by atoms with Crippen molar-refractivity contribution in [1.29, 1.82) is 0 Å². The molecule has 1 heterocycles. The third kappa shape index (κ3) is 2.77. The predicted octanol–water partition coefficient (Wildman–Crippen LogP) is 2.27. The van der Waals surface area contributed by atoms with Crippen LogP contribution < -0.4 is 0 Å². The van der Waals surface area contributed by atoms with Gasteiger partial charge < -0.3 is 4.74 Å². The molecule has 0 saturated carbocycles. The van der Waals surface area contributed by atoms with Crippen LogP contribution in [0.3, 0.4) is 0 Å². The average molecular weight is 180 g/mol. The van der Waals surface area contributed by atoms with Crippen LogP contribution in [0.2, 0.25) is 0 Å². The highest BCUT2D eigenvalue weighted by Crippen LogP contribution is 2.15. The minimum absolute atomic E-state index is 0.0469. The van der Waals surface area contributed by atoms with Crippen molar-refractivity contribution in [2.24, 2.45) is 0 Å². The first-order chi connectivity index (χ1) is 6.27. The van der Waals surface area contributed by atoms with Crippen LogP contribution in [0, 0.1) is 6.92 Å². The van der Waals surface area contributed by atoms with E-state index in [2.05, 4.69) is 16.9 Å². The lowest BCUT2D eigenvalue weighted by Gasteiger charge is -2.12. The SMILES string of the molecule is CCO[C@H](CC)c1ncc(C)cn1. The third-order valence-corrected chi connectivity index (χ3v) is 1.83. The van der Waals surface area contributed by atoms with Crippen LogP contribution in [0.4, 0.5) is 0 Å². The van der Waals surface area contributed by atoms with Gasteiger partial charge in [-0.15, -0.1) is 0 Å². The minimum Gasteiger partial charge on any atom is -0.371 e. The van der Waals surface area contributed by atoms with Gasteiger partial charge in [-0.2, -0.15) is 0 Å². The van der Waals surface area contributed by atoms with Crippen LogP contribution in [0.1, 0.15) is 37.8 Å². The summed E-state index contributed by atoms with van der Waals surface area (Å²) >= 11 is 0. The number of rotatable bonds is 4. The van der Waals surface area contributed by atoms with Crippen LogP contribution in [0.5, 0.6) is 0 Å². The van der Waals surface area contributed by atoms with Gasteiger partial charge in [-0.3, -0.25) is 0 Å². The van der Waals surface area contributed by atoms with Crippen molar-refractivity contribution in [3.63, 3.8) is 0 Å². The molecule has 0 unspecified atom stereocenters. The zero-order valence-corrected chi connectivity index (χ0v) is 8.45. The molecule has 0 aliphatic heterocycles. The number of ether oxygens (including phenoxy) is 1. The van der Waals surface area contributed by atoms with Gasteiger partial charge in [-0.25, -0.2) is 9.97 Å². The Morgan fingerprint density at radius 1 is 1.31 bits per heavy atom. The zero-order valence-electron chi connectivity index (χ0n) is 8.45. The summed E-state index contributed by atoms with van der Waals surface area (Å²) in [7, 11) is 0. The molecule has 0 amide bonds. The number of aromatic nitrogens is 2. The summed E-state index contributed by atoms with van der Waals surface area (Å²) in [6, 6.07) is 0. The van der Waals surface area contributed by atoms with Gasteiger partial charge in [0, 0.05) is 19.0 Å². The Morgan fingerprint density at radius 2 is 1.92 bits per heavy atom. The molecule has 1 atom stereocenters. The molecule has 0 aliphatic rings. The van der Waals surface area contributed by atoms with E-state index in [0.717, 1.165) is 17.8 Å². The van der Waals surface area contributed by atoms with Crippen molar-refractivity contribution in [1.82, 2.24) is 9.97 Å². The van der Waals surface area contributed by atoms with Gasteiger partial charge in [0.25, 0.3) is 0 Å². The quantitative estimate of drug-likeness (QED) is 0.713. The highest BCUT2D eigenvalue weighted by atomic mass is 16.5. The molecule has 0 radical (unpaired) electrons. The number of hydrogen-bond acceptors (Lipinski definition) is 3. The summed E-state index contributed by atoms with van der Waals surface area (Å²) in [6.45, 7) is 6.74. The lowest BCUT2D eigenvalue weighted by atomic mass is 10.2. The Kier molecular flexibility index (Phi) is 3.83. The Hall–Kier alpha value is -0.960. The topological polar surface area (TPSA) is 35.0 Å². The summed E-state index contributed by atoms with van der Waals surface area (Å²) < 4.78 is 5.49. The summed E-state index contributed by atoms with van der Waals surface area (Å²) in [5.74, 6) is 0.787. The van der Waals surface area contributed by atoms with Gasteiger partial charge in [0.15, 0.2) is 5.82 Å². The van der Waals surface area contributed by atoms with Gasteiger partial charge in [-0.1, -0.05) is 6.92 Å². The van der Waals surface area contributed by atoms with Crippen LogP contribution in [0.15, 0.2) is 12.4 Å². The smallest absolute Gasteiger partial charge is 0.157 e. The third-order valence-electron chi connectivity index (χ3n) is 1.83. The van der Waals surface area contributed by atoms with E-state index < -0.39 is 0 Å². The first-order valence-corrected chi connectivity index (χ1v) is 4.68. The predicted molar refractivity (Wildman–Crippen MR) is 51.4 cm³/mol. The summed E-state index contributed by atoms with van der Waals surface area (Å²) in [4.78, 5) is 8.46. The highest BCUT2D eigenvalue weighted by molar-refractivity contribution is 5.03. The van der Waals surface area contributed by atoms with E-state index in [1.807, 2.05) is 26.2 Å². The molecule has 72 valence electrons. The average Bonchev–Trinajstić information content (AvgIpc) is 2.16. The van der Waals surface area contributed by atoms with Crippen molar-refractivity contribution in [2.75, 3.05) is 6.61 Å². The largest absolute Gasteiger partial charge is 0.371 e. The van der Waals surface area contributed by atoms with Crippen LogP contribution in [-0.2, 0) is 4.74 Å². The van der Waals surface area contributed by atoms with Gasteiger partial charge in [-0.05, 0) is 25.8 Å². The van der Waals surface area contributed by atoms with E-state index in [9.17, 15) is 0 Å². The molecule has 0 N–H and O–H groups in total. The second kappa shape index (κ2) is 4.92. The van der Waals surface area contributed by atoms with E-state index >= 15 is 0 Å². The number of hydrogen-bond donors (Lipinski definition) is 0.